The molecule has 580 valence electrons. The molecule has 0 radical (unpaired) electrons. The molecule has 0 saturated carbocycles. The van der Waals surface area contributed by atoms with Crippen molar-refractivity contribution in [1.82, 2.24) is 0 Å². The number of unbranched alkanes of at least 4 members (excludes halogenated alkanes) is 31. The average Bonchev–Trinajstić information content (AvgIpc) is 0.916. The van der Waals surface area contributed by atoms with Gasteiger partial charge in [-0.25, -0.2) is 4.57 Å². The molecule has 2 atom stereocenters. The molecule has 0 aromatic heterocycles. The number of nitrogens with zero attached hydrogens (tertiary/aromatic N) is 1. The standard InChI is InChI=1S/C92H154NO8P/c1-6-8-10-12-14-16-18-20-22-24-26-28-30-32-34-36-38-40-42-44-45-46-47-49-51-53-55-57-59-61-63-65-67-69-71-73-75-77-79-81-83-85-92(95)101-90(89-100-102(96,97)99-87-86-93(3,4)5)88-98-91(94)84-82-80-78-76-74-72-70-68-66-64-62-60-58-56-54-52-50-48-43-41-39-37-35-33-31-29-27-25-23-21-19-17-15-13-11-9-7-2/h8-11,14-17,20-23,26-29,32-35,38,40,44-45,47,49,53,55,59,61,90H,6-7,12-13,18-19,24-25,30-31,36-37,39,41-43,46,48,50-52,54,56-58,60,62-89H2,1-5H3/p+1/b10-8-,11-9-,16-14-,17-15-,22-20-,23-21-,28-26-,29-27-,34-32-,35-33-,40-38-,45-44-,49-47-,55-53-,61-59-. The highest BCUT2D eigenvalue weighted by Gasteiger charge is 2.27. The van der Waals surface area contributed by atoms with Gasteiger partial charge in [-0.3, -0.25) is 18.6 Å². The molecule has 2 unspecified atom stereocenters. The Labute approximate surface area is 629 Å². The number of allylic oxidation sites excluding steroid dienone is 30. The predicted molar refractivity (Wildman–Crippen MR) is 445 cm³/mol. The zero-order valence-electron chi connectivity index (χ0n) is 66.3. The van der Waals surface area contributed by atoms with Crippen molar-refractivity contribution in [3.63, 3.8) is 0 Å². The van der Waals surface area contributed by atoms with Crippen LogP contribution in [0.2, 0.25) is 0 Å². The Balaban J connectivity index is 4.01. The van der Waals surface area contributed by atoms with Gasteiger partial charge < -0.3 is 18.9 Å². The van der Waals surface area contributed by atoms with Crippen molar-refractivity contribution in [2.45, 2.75) is 341 Å². The molecule has 0 saturated heterocycles. The first-order valence-corrected chi connectivity index (χ1v) is 43.0. The lowest BCUT2D eigenvalue weighted by molar-refractivity contribution is -0.870. The molecule has 0 amide bonds. The van der Waals surface area contributed by atoms with Crippen LogP contribution in [0.4, 0.5) is 0 Å². The van der Waals surface area contributed by atoms with E-state index < -0.39 is 26.5 Å². The number of quaternary nitrogens is 1. The summed E-state index contributed by atoms with van der Waals surface area (Å²) in [5, 5.41) is 0. The summed E-state index contributed by atoms with van der Waals surface area (Å²) in [6.07, 6.45) is 123. The second-order valence-corrected chi connectivity index (χ2v) is 29.8. The summed E-state index contributed by atoms with van der Waals surface area (Å²) in [5.41, 5.74) is 0. The van der Waals surface area contributed by atoms with Gasteiger partial charge in [0.15, 0.2) is 6.10 Å². The summed E-state index contributed by atoms with van der Waals surface area (Å²) < 4.78 is 34.8. The largest absolute Gasteiger partial charge is 0.472 e. The quantitative estimate of drug-likeness (QED) is 0.0211. The monoisotopic (exact) mass is 1430 g/mol. The average molecular weight is 1430 g/mol. The molecule has 0 aliphatic heterocycles. The number of hydrogen-bond donors (Lipinski definition) is 1. The van der Waals surface area contributed by atoms with Crippen LogP contribution in [0.25, 0.3) is 0 Å². The molecule has 0 rings (SSSR count). The maximum atomic E-state index is 12.9. The molecule has 0 bridgehead atoms. The highest BCUT2D eigenvalue weighted by molar-refractivity contribution is 7.47. The van der Waals surface area contributed by atoms with E-state index >= 15 is 0 Å². The number of hydrogen-bond acceptors (Lipinski definition) is 7. The summed E-state index contributed by atoms with van der Waals surface area (Å²) in [7, 11) is 1.47. The van der Waals surface area contributed by atoms with E-state index in [9.17, 15) is 19.0 Å². The number of ether oxygens (including phenoxy) is 2. The van der Waals surface area contributed by atoms with Gasteiger partial charge in [-0.2, -0.15) is 0 Å². The lowest BCUT2D eigenvalue weighted by Crippen LogP contribution is -2.37. The fourth-order valence-corrected chi connectivity index (χ4v) is 11.9. The summed E-state index contributed by atoms with van der Waals surface area (Å²) in [5.74, 6) is -0.800. The van der Waals surface area contributed by atoms with E-state index in [2.05, 4.69) is 196 Å². The highest BCUT2D eigenvalue weighted by Crippen LogP contribution is 2.43. The van der Waals surface area contributed by atoms with Crippen molar-refractivity contribution in [2.24, 2.45) is 0 Å². The van der Waals surface area contributed by atoms with Gasteiger partial charge >= 0.3 is 19.8 Å². The van der Waals surface area contributed by atoms with Crippen LogP contribution in [-0.4, -0.2) is 74.9 Å². The van der Waals surface area contributed by atoms with E-state index in [1.54, 1.807) is 0 Å². The van der Waals surface area contributed by atoms with Gasteiger partial charge in [0.2, 0.25) is 0 Å². The van der Waals surface area contributed by atoms with Gasteiger partial charge in [-0.15, -0.1) is 0 Å². The number of likely N-dealkylation sites (N-methyl/N-ethyl adjacent to an activating group) is 1. The smallest absolute Gasteiger partial charge is 0.462 e. The number of carbonyl (C=O) groups is 2. The lowest BCUT2D eigenvalue weighted by atomic mass is 10.0. The molecule has 0 aromatic rings. The second kappa shape index (κ2) is 80.2. The maximum absolute atomic E-state index is 12.9. The summed E-state index contributed by atoms with van der Waals surface area (Å²) >= 11 is 0. The van der Waals surface area contributed by atoms with Crippen molar-refractivity contribution in [3.05, 3.63) is 182 Å². The van der Waals surface area contributed by atoms with E-state index in [4.69, 9.17) is 18.5 Å². The fraction of sp³-hybridized carbons (Fsp3) is 0.652. The van der Waals surface area contributed by atoms with Crippen LogP contribution in [0.3, 0.4) is 0 Å². The topological polar surface area (TPSA) is 108 Å². The van der Waals surface area contributed by atoms with Crippen molar-refractivity contribution < 1.29 is 42.1 Å². The Bertz CT molecular complexity index is 2390. The zero-order chi connectivity index (χ0) is 74.0. The first-order chi connectivity index (χ1) is 50.0. The molecule has 102 heavy (non-hydrogen) atoms. The third kappa shape index (κ3) is 84.1. The molecule has 0 heterocycles. The Morgan fingerprint density at radius 2 is 0.529 bits per heavy atom. The van der Waals surface area contributed by atoms with Gasteiger partial charge in [0.05, 0.1) is 27.7 Å². The van der Waals surface area contributed by atoms with Gasteiger partial charge in [-0.05, 0) is 135 Å². The zero-order valence-corrected chi connectivity index (χ0v) is 67.2. The Hall–Kier alpha value is -4.89. The molecular weight excluding hydrogens is 1280 g/mol. The molecule has 0 aliphatic rings. The number of phosphoric acid groups is 1. The summed E-state index contributed by atoms with van der Waals surface area (Å²) in [4.78, 5) is 36.0. The van der Waals surface area contributed by atoms with E-state index in [-0.39, 0.29) is 32.0 Å². The molecule has 0 fully saturated rings. The van der Waals surface area contributed by atoms with Crippen LogP contribution in [0.1, 0.15) is 335 Å². The molecule has 10 heteroatoms. The van der Waals surface area contributed by atoms with E-state index in [1.807, 2.05) is 21.1 Å². The number of carbonyl (C=O) groups excluding carboxylic acids is 2. The van der Waals surface area contributed by atoms with Gasteiger partial charge in [0.1, 0.15) is 19.8 Å². The SMILES string of the molecule is CC/C=C\C/C=C\C/C=C\C/C=C\C/C=C\C/C=C\C/C=C\C/C=C\C/C=C\C/C=C\CCCCCCCCCCCCC(=O)OC(COC(=O)CCCCCCCCCCCCCCCCCCCCCCC/C=C\C/C=C\C/C=C\C/C=C\C/C=C\CC)COP(=O)(O)OCC[N+](C)(C)C. The van der Waals surface area contributed by atoms with Crippen LogP contribution >= 0.6 is 7.82 Å². The normalized spacial score (nSPS) is 14.0. The van der Waals surface area contributed by atoms with Gasteiger partial charge in [-0.1, -0.05) is 369 Å². The molecule has 9 nitrogen and oxygen atoms in total. The molecular formula is C92H155NO8P+. The molecule has 0 aliphatic carbocycles. The minimum Gasteiger partial charge on any atom is -0.462 e. The first-order valence-electron chi connectivity index (χ1n) is 41.5. The lowest BCUT2D eigenvalue weighted by Gasteiger charge is -2.24. The maximum Gasteiger partial charge on any atom is 0.472 e. The third-order valence-electron chi connectivity index (χ3n) is 17.4. The minimum absolute atomic E-state index is 0.0247. The Morgan fingerprint density at radius 3 is 0.784 bits per heavy atom. The van der Waals surface area contributed by atoms with Gasteiger partial charge in [0.25, 0.3) is 0 Å². The van der Waals surface area contributed by atoms with Gasteiger partial charge in [0, 0.05) is 12.8 Å². The Morgan fingerprint density at radius 1 is 0.304 bits per heavy atom. The summed E-state index contributed by atoms with van der Waals surface area (Å²) in [6, 6.07) is 0. The number of esters is 2. The number of rotatable bonds is 75. The second-order valence-electron chi connectivity index (χ2n) is 28.4. The van der Waals surface area contributed by atoms with Crippen molar-refractivity contribution in [3.8, 4) is 0 Å². The third-order valence-corrected chi connectivity index (χ3v) is 18.4. The fourth-order valence-electron chi connectivity index (χ4n) is 11.2. The minimum atomic E-state index is -4.41. The highest BCUT2D eigenvalue weighted by atomic mass is 31.2. The molecule has 0 spiro atoms. The van der Waals surface area contributed by atoms with E-state index in [0.29, 0.717) is 17.4 Å². The van der Waals surface area contributed by atoms with Crippen molar-refractivity contribution in [1.29, 1.82) is 0 Å². The first kappa shape index (κ1) is 97.1. The predicted octanol–water partition coefficient (Wildman–Crippen LogP) is 28.2. The van der Waals surface area contributed by atoms with Crippen molar-refractivity contribution >= 4 is 19.8 Å². The molecule has 0 aromatic carbocycles. The number of phosphoric ester groups is 1. The summed E-state index contributed by atoms with van der Waals surface area (Å²) in [6.45, 7) is 4.22. The van der Waals surface area contributed by atoms with E-state index in [0.717, 1.165) is 141 Å². The molecule has 1 N–H and O–H groups in total. The van der Waals surface area contributed by atoms with Crippen molar-refractivity contribution in [2.75, 3.05) is 47.5 Å². The van der Waals surface area contributed by atoms with Crippen LogP contribution in [-0.2, 0) is 32.7 Å². The van der Waals surface area contributed by atoms with Crippen LogP contribution < -0.4 is 0 Å². The Kier molecular flexibility index (Phi) is 76.4. The van der Waals surface area contributed by atoms with E-state index in [1.165, 1.54) is 161 Å². The van der Waals surface area contributed by atoms with Crippen LogP contribution in [0.5, 0.6) is 0 Å². The van der Waals surface area contributed by atoms with Crippen LogP contribution in [0, 0.1) is 0 Å². The van der Waals surface area contributed by atoms with Crippen LogP contribution in [0.15, 0.2) is 182 Å².